The van der Waals surface area contributed by atoms with Crippen molar-refractivity contribution in [3.63, 3.8) is 0 Å². The van der Waals surface area contributed by atoms with Crippen LogP contribution in [0, 0.1) is 4.64 Å². The first kappa shape index (κ1) is 102. The molecule has 5 fully saturated rings. The van der Waals surface area contributed by atoms with E-state index in [4.69, 9.17) is 122 Å². The van der Waals surface area contributed by atoms with Crippen molar-refractivity contribution in [1.82, 2.24) is 72.7 Å². The zero-order valence-corrected chi connectivity index (χ0v) is 76.6. The number of aliphatic hydroxyl groups excluding tert-OH is 4. The predicted octanol–water partition coefficient (Wildman–Crippen LogP) is -3.53. The molecule has 0 amide bonds. The number of aromatic amines is 2. The number of nitrogen functional groups attached to an aromatic ring is 5. The van der Waals surface area contributed by atoms with E-state index in [0.717, 1.165) is 103 Å². The maximum absolute atomic E-state index is 12.8. The first-order chi connectivity index (χ1) is 63.7. The third-order valence-electron chi connectivity index (χ3n) is 19.0. The van der Waals surface area contributed by atoms with E-state index >= 15 is 0 Å². The van der Waals surface area contributed by atoms with Gasteiger partial charge in [0.25, 0.3) is 5.56 Å². The van der Waals surface area contributed by atoms with Gasteiger partial charge < -0.3 is 130 Å². The van der Waals surface area contributed by atoms with Crippen molar-refractivity contribution in [1.29, 1.82) is 0 Å². The minimum atomic E-state index is -1.35. The summed E-state index contributed by atoms with van der Waals surface area (Å²) in [5.74, 6) is -7.70. The van der Waals surface area contributed by atoms with Crippen LogP contribution in [0.4, 0.5) is 29.7 Å². The minimum Gasteiger partial charge on any atom is -0.463 e. The van der Waals surface area contributed by atoms with Gasteiger partial charge in [0.05, 0.1) is 45.9 Å². The van der Waals surface area contributed by atoms with Gasteiger partial charge in [-0.3, -0.25) is 109 Å². The molecule has 10 aromatic heterocycles. The molecule has 0 aliphatic carbocycles. The number of nitrogens with zero attached hydrogens (tertiary/aromatic N) is 13. The average molecular weight is 2010 g/mol. The standard InChI is InChI=1S/C16H18N4O9S.C16H18N4O8S2.C16H18N4O8S.C14H16N4O7S.C10H12N4O5S/c1-5(21)26-4-8-9(27-6(2)22)10(28-7(3)23)14(29-8)20-12-11(30-16(20)25)13(24)19-15(17)18-12;1-5(21)25-4-8-9(26-6(2)22)10(27-7(3)23)14(28-8)20-12-11(30-16(20)24)13(29)19-15(17)18-12;1-6(21)25-5-9-11(26-7(2)22)12(27-8(3)23)14(28-9)20-13-10(29-16(20)24)4-18-15(17)19-13;1-5(20)23-9-7(4-19)25-12(10(9)24-6(2)21)18-11-8(26-14(18)22)3-16-13(15)17-11;11-9-12-1-4-7(13-9)14(10(18)20-4)8-6(17)5(16)3(2-15)19-8/h8-10,14H,4H2,1-3H3,(H3,17,18,19,24);8-10,14H,4H2,1-3H3,(H3,17,18,19,29);4,9,11-12,14H,5H2,1-3H3,(H2,17,18,19);3,7,9-10,12,19H,4H2,1-2H3,(H2,15,16,17);1,3,5-6,8,15-17H,2H2,(H2,11,12,13)/t2*8-,9-,10-,14-;9-,11-,12-,14-;7-,9-,10-,12-;3-,5-,6-,8-/m11111/s1. The molecule has 15 rings (SSSR count). The van der Waals surface area contributed by atoms with Crippen LogP contribution in [-0.2, 0) is 129 Å². The van der Waals surface area contributed by atoms with E-state index < -0.39 is 231 Å². The second-order valence-corrected chi connectivity index (χ2v) is 34.1. The largest absolute Gasteiger partial charge is 0.463 e. The van der Waals surface area contributed by atoms with Crippen molar-refractivity contribution in [3.8, 4) is 0 Å². The minimum absolute atomic E-state index is 0.0178. The summed E-state index contributed by atoms with van der Waals surface area (Å²) < 4.78 is 92.9. The number of thiazole rings is 5. The van der Waals surface area contributed by atoms with Crippen LogP contribution < -0.4 is 58.6 Å². The van der Waals surface area contributed by atoms with Crippen molar-refractivity contribution >= 4 is 216 Å². The van der Waals surface area contributed by atoms with Crippen LogP contribution in [0.15, 0.2) is 47.4 Å². The summed E-state index contributed by atoms with van der Waals surface area (Å²) in [7, 11) is 0. The van der Waals surface area contributed by atoms with Crippen LogP contribution in [-0.4, -0.2) is 283 Å². The normalized spacial score (nSPS) is 24.8. The monoisotopic (exact) mass is 2010 g/mol. The highest BCUT2D eigenvalue weighted by molar-refractivity contribution is 7.71. The number of fused-ring (bicyclic) bond motifs is 5. The molecule has 57 nitrogen and oxygen atoms in total. The summed E-state index contributed by atoms with van der Waals surface area (Å²) in [6.07, 6.45) is -18.9. The lowest BCUT2D eigenvalue weighted by atomic mass is 10.1. The summed E-state index contributed by atoms with van der Waals surface area (Å²) in [5.41, 5.74) is 28.1. The van der Waals surface area contributed by atoms with Gasteiger partial charge in [-0.1, -0.05) is 68.9 Å². The van der Waals surface area contributed by atoms with E-state index in [1.165, 1.54) is 60.1 Å². The third kappa shape index (κ3) is 23.5. The molecule has 5 aliphatic heterocycles. The van der Waals surface area contributed by atoms with E-state index in [0.29, 0.717) is 30.1 Å². The van der Waals surface area contributed by atoms with Gasteiger partial charge in [-0.15, -0.1) is 0 Å². The van der Waals surface area contributed by atoms with Gasteiger partial charge in [0.15, 0.2) is 113 Å². The summed E-state index contributed by atoms with van der Waals surface area (Å²) >= 11 is 9.12. The molecule has 16 N–H and O–H groups in total. The number of hydrogen-bond donors (Lipinski definition) is 11. The Balaban J connectivity index is 0.000000163. The molecule has 15 heterocycles. The van der Waals surface area contributed by atoms with Gasteiger partial charge in [-0.25, -0.2) is 19.9 Å². The van der Waals surface area contributed by atoms with Crippen LogP contribution in [0.3, 0.4) is 0 Å². The van der Waals surface area contributed by atoms with Crippen molar-refractivity contribution in [2.75, 3.05) is 61.7 Å². The van der Waals surface area contributed by atoms with Crippen molar-refractivity contribution in [2.45, 2.75) is 199 Å². The Morgan fingerprint density at radius 3 is 0.970 bits per heavy atom. The van der Waals surface area contributed by atoms with Gasteiger partial charge in [0.1, 0.15) is 77.6 Å². The number of nitrogens with two attached hydrogens (primary N) is 5. The number of H-pyrrole nitrogens is 2. The molecule has 10 aromatic rings. The second kappa shape index (κ2) is 43.4. The Bertz CT molecular complexity index is 6500. The fraction of sp³-hybridized carbons (Fsp3) is 0.500. The summed E-state index contributed by atoms with van der Waals surface area (Å²) in [6.45, 7) is 10.9. The number of aliphatic hydroxyl groups is 4. The fourth-order valence-corrected chi connectivity index (χ4v) is 18.6. The molecule has 5 saturated heterocycles. The molecule has 0 spiro atoms. The van der Waals surface area contributed by atoms with Gasteiger partial charge in [0, 0.05) is 76.2 Å². The van der Waals surface area contributed by atoms with Crippen LogP contribution in [0.2, 0.25) is 0 Å². The number of carbonyl (C=O) groups is 11. The quantitative estimate of drug-likeness (QED) is 0.0189. The van der Waals surface area contributed by atoms with Gasteiger partial charge in [-0.2, -0.15) is 19.9 Å². The lowest BCUT2D eigenvalue weighted by Crippen LogP contribution is -2.41. The van der Waals surface area contributed by atoms with Crippen molar-refractivity contribution in [3.05, 3.63) is 81.9 Å². The highest BCUT2D eigenvalue weighted by Gasteiger charge is 2.56. The maximum atomic E-state index is 12.8. The Labute approximate surface area is 776 Å². The number of carbonyl (C=O) groups excluding carboxylic acids is 11. The molecule has 0 radical (unpaired) electrons. The molecule has 0 aromatic carbocycles. The van der Waals surface area contributed by atoms with E-state index in [-0.39, 0.29) is 87.1 Å². The van der Waals surface area contributed by atoms with Crippen LogP contribution in [0.25, 0.3) is 51.7 Å². The van der Waals surface area contributed by atoms with Gasteiger partial charge in [-0.05, 0) is 0 Å². The van der Waals surface area contributed by atoms with Crippen LogP contribution in [0.1, 0.15) is 107 Å². The highest BCUT2D eigenvalue weighted by Crippen LogP contribution is 2.42. The van der Waals surface area contributed by atoms with E-state index in [9.17, 15) is 96.8 Å². The summed E-state index contributed by atoms with van der Waals surface area (Å²) in [5, 5.41) is 38.3. The lowest BCUT2D eigenvalue weighted by molar-refractivity contribution is -0.166. The molecule has 0 unspecified atom stereocenters. The Hall–Kier alpha value is -13.3. The molecule has 135 heavy (non-hydrogen) atoms. The van der Waals surface area contributed by atoms with E-state index in [1.54, 1.807) is 0 Å². The summed E-state index contributed by atoms with van der Waals surface area (Å²) in [6, 6.07) is 0. The number of aromatic nitrogens is 15. The predicted molar refractivity (Wildman–Crippen MR) is 461 cm³/mol. The molecule has 63 heteroatoms. The zero-order valence-electron chi connectivity index (χ0n) is 71.7. The number of ether oxygens (including phenoxy) is 16. The highest BCUT2D eigenvalue weighted by atomic mass is 32.1. The zero-order chi connectivity index (χ0) is 99.1. The maximum Gasteiger partial charge on any atom is 0.311 e. The average Bonchev–Trinajstić information content (AvgIpc) is 1.54. The molecular formula is C72H82N20O37S6. The summed E-state index contributed by atoms with van der Waals surface area (Å²) in [4.78, 5) is 235. The molecule has 5 aliphatic rings. The first-order valence-electron chi connectivity index (χ1n) is 39.0. The number of anilines is 5. The first-order valence-corrected chi connectivity index (χ1v) is 43.5. The molecule has 728 valence electrons. The third-order valence-corrected chi connectivity index (χ3v) is 24.0. The fourth-order valence-electron chi connectivity index (χ4n) is 14.1. The Kier molecular flexibility index (Phi) is 32.8. The van der Waals surface area contributed by atoms with Crippen molar-refractivity contribution in [2.24, 2.45) is 0 Å². The molecule has 20 atom stereocenters. The molecule has 0 saturated carbocycles. The Morgan fingerprint density at radius 1 is 0.356 bits per heavy atom. The number of esters is 11. The topological polar surface area (TPSA) is 808 Å². The lowest BCUT2D eigenvalue weighted by Gasteiger charge is -2.23. The number of rotatable bonds is 21. The van der Waals surface area contributed by atoms with Crippen LogP contribution >= 0.6 is 68.9 Å². The molecule has 0 bridgehead atoms. The number of nitrogens with one attached hydrogen (secondary N) is 2. The van der Waals surface area contributed by atoms with Gasteiger partial charge >= 0.3 is 90.0 Å². The number of hydrogen-bond acceptors (Lipinski definition) is 56. The smallest absolute Gasteiger partial charge is 0.311 e. The SMILES string of the molecule is CC(=O)OC[C@H]1O[C@@H](n2c(=O)sc3c(=O)[nH]c(N)nc32)[C@H](OC(C)=O)[C@@H]1OC(C)=O.CC(=O)OC[C@H]1O[C@@H](n2c(=O)sc3c(=S)nc(N)[nH]c32)[C@H](OC(C)=O)[C@@H]1OC(C)=O.CC(=O)OC[C@H]1O[C@@H](n2c(=O)sc3cnc(N)nc32)[C@H](OC(C)=O)[C@@H]1OC(C)=O.CC(=O)O[C@@H]1[C@H](OC(C)=O)[C@@H](CO)O[C@H]1n1c(=O)sc2cnc(N)nc21.Nc1ncc2sc(=O)n([C@@H]3O[C@H](CO)[C@@H](O)[C@H]3O)c2n1. The van der Waals surface area contributed by atoms with Crippen LogP contribution in [0.5, 0.6) is 0 Å². The van der Waals surface area contributed by atoms with Gasteiger partial charge in [0.2, 0.25) is 23.8 Å². The van der Waals surface area contributed by atoms with E-state index in [2.05, 4.69) is 49.8 Å². The van der Waals surface area contributed by atoms with E-state index in [1.807, 2.05) is 0 Å². The second-order valence-electron chi connectivity index (χ2n) is 28.8. The van der Waals surface area contributed by atoms with Crippen molar-refractivity contribution < 1.29 is 149 Å². The molecular weight excluding hydrogens is 1930 g/mol. The Morgan fingerprint density at radius 2 is 0.637 bits per heavy atom.